The predicted octanol–water partition coefficient (Wildman–Crippen LogP) is 4.44. The van der Waals surface area contributed by atoms with Gasteiger partial charge in [0.15, 0.2) is 0 Å². The number of hydrogen-bond donors (Lipinski definition) is 1. The largest absolute Gasteiger partial charge is 0.459 e. The molecule has 2 nitrogen and oxygen atoms in total. The van der Waals surface area contributed by atoms with Crippen LogP contribution in [0.3, 0.4) is 0 Å². The van der Waals surface area contributed by atoms with Gasteiger partial charge in [0.1, 0.15) is 11.5 Å². The first kappa shape index (κ1) is 11.5. The molecule has 3 aromatic rings. The van der Waals surface area contributed by atoms with Gasteiger partial charge in [0.2, 0.25) is 0 Å². The summed E-state index contributed by atoms with van der Waals surface area (Å²) in [4.78, 5) is 0. The third-order valence-corrected chi connectivity index (χ3v) is 4.12. The van der Waals surface area contributed by atoms with Crippen molar-refractivity contribution in [3.63, 3.8) is 0 Å². The maximum atomic E-state index is 5.89. The fraction of sp³-hybridized carbons (Fsp3) is 0.200. The first-order valence-electron chi connectivity index (χ1n) is 6.02. The van der Waals surface area contributed by atoms with Gasteiger partial charge in [-0.3, -0.25) is 0 Å². The maximum Gasteiger partial charge on any atom is 0.134 e. The number of furan rings is 1. The van der Waals surface area contributed by atoms with E-state index in [0.29, 0.717) is 0 Å². The normalized spacial score (nSPS) is 13.0. The maximum absolute atomic E-state index is 5.89. The van der Waals surface area contributed by atoms with Crippen molar-refractivity contribution in [3.05, 3.63) is 47.5 Å². The van der Waals surface area contributed by atoms with Crippen LogP contribution in [-0.2, 0) is 0 Å². The lowest BCUT2D eigenvalue weighted by molar-refractivity contribution is 0.458. The van der Waals surface area contributed by atoms with Crippen molar-refractivity contribution >= 4 is 21.4 Å². The SMILES string of the molecule is CNC(C)c1ccc(-c2ccc3sccc3c2)o1. The van der Waals surface area contributed by atoms with Gasteiger partial charge in [-0.15, -0.1) is 11.3 Å². The summed E-state index contributed by atoms with van der Waals surface area (Å²) in [5.74, 6) is 1.90. The number of rotatable bonds is 3. The molecule has 0 aliphatic carbocycles. The zero-order valence-electron chi connectivity index (χ0n) is 10.4. The Morgan fingerprint density at radius 3 is 2.89 bits per heavy atom. The monoisotopic (exact) mass is 257 g/mol. The van der Waals surface area contributed by atoms with Gasteiger partial charge in [-0.05, 0) is 61.1 Å². The summed E-state index contributed by atoms with van der Waals surface area (Å²) in [5.41, 5.74) is 1.13. The standard InChI is InChI=1S/C15H15NOS/c1-10(16-2)13-4-5-14(17-13)11-3-6-15-12(9-11)7-8-18-15/h3-10,16H,1-2H3. The molecule has 0 fully saturated rings. The van der Waals surface area contributed by atoms with Crippen molar-refractivity contribution in [1.29, 1.82) is 0 Å². The highest BCUT2D eigenvalue weighted by atomic mass is 32.1. The van der Waals surface area contributed by atoms with Crippen molar-refractivity contribution < 1.29 is 4.42 Å². The summed E-state index contributed by atoms with van der Waals surface area (Å²) in [6.45, 7) is 2.09. The summed E-state index contributed by atoms with van der Waals surface area (Å²) < 4.78 is 7.20. The number of benzene rings is 1. The van der Waals surface area contributed by atoms with Crippen molar-refractivity contribution in [2.24, 2.45) is 0 Å². The van der Waals surface area contributed by atoms with Gasteiger partial charge in [0, 0.05) is 10.3 Å². The Kier molecular flexibility index (Phi) is 2.94. The summed E-state index contributed by atoms with van der Waals surface area (Å²) in [6, 6.07) is 12.9. The molecule has 1 N–H and O–H groups in total. The molecule has 0 saturated carbocycles. The molecule has 0 saturated heterocycles. The smallest absolute Gasteiger partial charge is 0.134 e. The molecule has 92 valence electrons. The van der Waals surface area contributed by atoms with E-state index in [1.165, 1.54) is 10.1 Å². The van der Waals surface area contributed by atoms with E-state index in [9.17, 15) is 0 Å². The molecule has 1 atom stereocenters. The van der Waals surface area contributed by atoms with Crippen LogP contribution in [0.5, 0.6) is 0 Å². The number of fused-ring (bicyclic) bond motifs is 1. The van der Waals surface area contributed by atoms with Crippen LogP contribution in [0.1, 0.15) is 18.7 Å². The summed E-state index contributed by atoms with van der Waals surface area (Å²) >= 11 is 1.76. The van der Waals surface area contributed by atoms with Gasteiger partial charge in [0.05, 0.1) is 6.04 Å². The van der Waals surface area contributed by atoms with Crippen LogP contribution in [0.15, 0.2) is 46.2 Å². The minimum absolute atomic E-state index is 0.239. The summed E-state index contributed by atoms with van der Waals surface area (Å²) in [6.07, 6.45) is 0. The Balaban J connectivity index is 2.00. The molecule has 0 aliphatic rings. The molecule has 3 heteroatoms. The highest BCUT2D eigenvalue weighted by Crippen LogP contribution is 2.29. The predicted molar refractivity (Wildman–Crippen MR) is 77.0 cm³/mol. The van der Waals surface area contributed by atoms with Gasteiger partial charge in [0.25, 0.3) is 0 Å². The second-order valence-electron chi connectivity index (χ2n) is 4.39. The van der Waals surface area contributed by atoms with Gasteiger partial charge in [-0.1, -0.05) is 0 Å². The van der Waals surface area contributed by atoms with E-state index < -0.39 is 0 Å². The molecular weight excluding hydrogens is 242 g/mol. The fourth-order valence-electron chi connectivity index (χ4n) is 2.00. The lowest BCUT2D eigenvalue weighted by atomic mass is 10.1. The third-order valence-electron chi connectivity index (χ3n) is 3.22. The molecule has 0 aliphatic heterocycles. The molecule has 0 radical (unpaired) electrons. The number of hydrogen-bond acceptors (Lipinski definition) is 3. The quantitative estimate of drug-likeness (QED) is 0.750. The van der Waals surface area contributed by atoms with Crippen LogP contribution in [-0.4, -0.2) is 7.05 Å². The average Bonchev–Trinajstić information content (AvgIpc) is 3.05. The molecule has 3 rings (SSSR count). The van der Waals surface area contributed by atoms with Gasteiger partial charge in [-0.2, -0.15) is 0 Å². The van der Waals surface area contributed by atoms with Crippen LogP contribution in [0.2, 0.25) is 0 Å². The lowest BCUT2D eigenvalue weighted by Gasteiger charge is -2.05. The highest BCUT2D eigenvalue weighted by molar-refractivity contribution is 7.17. The van der Waals surface area contributed by atoms with E-state index >= 15 is 0 Å². The van der Waals surface area contributed by atoms with E-state index in [-0.39, 0.29) is 6.04 Å². The molecule has 0 bridgehead atoms. The molecular formula is C15H15NOS. The van der Waals surface area contributed by atoms with Crippen LogP contribution in [0.4, 0.5) is 0 Å². The second-order valence-corrected chi connectivity index (χ2v) is 5.33. The third kappa shape index (κ3) is 1.96. The number of thiophene rings is 1. The van der Waals surface area contributed by atoms with E-state index in [0.717, 1.165) is 17.1 Å². The molecule has 18 heavy (non-hydrogen) atoms. The average molecular weight is 257 g/mol. The number of nitrogens with one attached hydrogen (secondary N) is 1. The molecule has 1 unspecified atom stereocenters. The first-order valence-corrected chi connectivity index (χ1v) is 6.90. The minimum atomic E-state index is 0.239. The summed E-state index contributed by atoms with van der Waals surface area (Å²) in [5, 5.41) is 6.57. The van der Waals surface area contributed by atoms with E-state index in [1.807, 2.05) is 19.2 Å². The molecule has 1 aromatic carbocycles. The van der Waals surface area contributed by atoms with E-state index in [4.69, 9.17) is 4.42 Å². The fourth-order valence-corrected chi connectivity index (χ4v) is 2.77. The Morgan fingerprint density at radius 1 is 1.17 bits per heavy atom. The second kappa shape index (κ2) is 4.59. The van der Waals surface area contributed by atoms with Crippen molar-refractivity contribution in [2.45, 2.75) is 13.0 Å². The van der Waals surface area contributed by atoms with E-state index in [2.05, 4.69) is 41.9 Å². The molecule has 0 spiro atoms. The Bertz CT molecular complexity index is 668. The van der Waals surface area contributed by atoms with E-state index in [1.54, 1.807) is 11.3 Å². The van der Waals surface area contributed by atoms with Crippen molar-refractivity contribution in [3.8, 4) is 11.3 Å². The topological polar surface area (TPSA) is 25.2 Å². The zero-order valence-corrected chi connectivity index (χ0v) is 11.3. The van der Waals surface area contributed by atoms with Crippen LogP contribution in [0.25, 0.3) is 21.4 Å². The Hall–Kier alpha value is -1.58. The van der Waals surface area contributed by atoms with Gasteiger partial charge in [-0.25, -0.2) is 0 Å². The Labute approximate surface area is 110 Å². The first-order chi connectivity index (χ1) is 8.78. The molecule has 0 amide bonds. The summed E-state index contributed by atoms with van der Waals surface area (Å²) in [7, 11) is 1.93. The lowest BCUT2D eigenvalue weighted by Crippen LogP contribution is -2.10. The van der Waals surface area contributed by atoms with Crippen molar-refractivity contribution in [2.75, 3.05) is 7.05 Å². The van der Waals surface area contributed by atoms with Crippen LogP contribution >= 0.6 is 11.3 Å². The highest BCUT2D eigenvalue weighted by Gasteiger charge is 2.10. The minimum Gasteiger partial charge on any atom is -0.459 e. The molecule has 2 heterocycles. The van der Waals surface area contributed by atoms with Crippen LogP contribution < -0.4 is 5.32 Å². The van der Waals surface area contributed by atoms with Crippen LogP contribution in [0, 0.1) is 0 Å². The molecule has 2 aromatic heterocycles. The van der Waals surface area contributed by atoms with Gasteiger partial charge >= 0.3 is 0 Å². The Morgan fingerprint density at radius 2 is 2.06 bits per heavy atom. The van der Waals surface area contributed by atoms with Crippen molar-refractivity contribution in [1.82, 2.24) is 5.32 Å². The zero-order chi connectivity index (χ0) is 12.5. The van der Waals surface area contributed by atoms with Gasteiger partial charge < -0.3 is 9.73 Å².